The van der Waals surface area contributed by atoms with E-state index in [9.17, 15) is 4.79 Å². The van der Waals surface area contributed by atoms with Crippen LogP contribution in [0.5, 0.6) is 11.5 Å². The van der Waals surface area contributed by atoms with E-state index in [1.165, 1.54) is 0 Å². The van der Waals surface area contributed by atoms with E-state index in [1.54, 1.807) is 20.1 Å². The number of para-hydroxylation sites is 1. The lowest BCUT2D eigenvalue weighted by Crippen LogP contribution is -2.16. The molecule has 0 aromatic heterocycles. The van der Waals surface area contributed by atoms with Crippen LogP contribution >= 0.6 is 11.8 Å². The molecule has 1 aliphatic heterocycles. The van der Waals surface area contributed by atoms with Crippen LogP contribution in [0.4, 0.5) is 0 Å². The maximum atomic E-state index is 11.1. The van der Waals surface area contributed by atoms with E-state index in [1.807, 2.05) is 23.9 Å². The quantitative estimate of drug-likeness (QED) is 0.900. The van der Waals surface area contributed by atoms with Crippen molar-refractivity contribution in [2.75, 3.05) is 18.6 Å². The van der Waals surface area contributed by atoms with Crippen molar-refractivity contribution in [2.24, 2.45) is 0 Å². The highest BCUT2D eigenvalue weighted by Gasteiger charge is 2.23. The van der Waals surface area contributed by atoms with Gasteiger partial charge in [0, 0.05) is 11.3 Å². The Kier molecular flexibility index (Phi) is 4.58. The van der Waals surface area contributed by atoms with E-state index in [0.717, 1.165) is 17.9 Å². The van der Waals surface area contributed by atoms with Crippen molar-refractivity contribution in [1.82, 2.24) is 0 Å². The number of benzene rings is 1. The molecule has 1 aliphatic rings. The van der Waals surface area contributed by atoms with Gasteiger partial charge in [-0.15, -0.1) is 0 Å². The van der Waals surface area contributed by atoms with Crippen LogP contribution in [0.2, 0.25) is 0 Å². The summed E-state index contributed by atoms with van der Waals surface area (Å²) >= 11 is 1.87. The molecule has 1 N–H and O–H groups in total. The van der Waals surface area contributed by atoms with E-state index >= 15 is 0 Å². The predicted molar refractivity (Wildman–Crippen MR) is 75.4 cm³/mol. The highest BCUT2D eigenvalue weighted by molar-refractivity contribution is 7.99. The first kappa shape index (κ1) is 14.1. The molecule has 1 saturated heterocycles. The summed E-state index contributed by atoms with van der Waals surface area (Å²) in [6.45, 7) is 1.65. The molecule has 4 nitrogen and oxygen atoms in total. The summed E-state index contributed by atoms with van der Waals surface area (Å²) in [7, 11) is 1.55. The summed E-state index contributed by atoms with van der Waals surface area (Å²) in [6, 6.07) is 5.42. The molecule has 0 saturated carbocycles. The van der Waals surface area contributed by atoms with Gasteiger partial charge in [0.1, 0.15) is 6.10 Å². The van der Waals surface area contributed by atoms with Gasteiger partial charge in [0.2, 0.25) is 0 Å². The second kappa shape index (κ2) is 6.19. The third-order valence-corrected chi connectivity index (χ3v) is 4.36. The Morgan fingerprint density at radius 2 is 2.32 bits per heavy atom. The fourth-order valence-electron chi connectivity index (χ4n) is 2.10. The minimum absolute atomic E-state index is 0.189. The molecule has 0 aliphatic carbocycles. The number of hydrogen-bond acceptors (Lipinski definition) is 4. The van der Waals surface area contributed by atoms with Gasteiger partial charge in [0.05, 0.1) is 13.0 Å². The van der Waals surface area contributed by atoms with Crippen LogP contribution in [-0.2, 0) is 4.79 Å². The van der Waals surface area contributed by atoms with Crippen molar-refractivity contribution in [2.45, 2.75) is 25.4 Å². The van der Waals surface area contributed by atoms with Crippen LogP contribution in [0.15, 0.2) is 18.2 Å². The Labute approximate surface area is 117 Å². The molecule has 1 aromatic carbocycles. The molecule has 1 aromatic rings. The number of aliphatic carboxylic acids is 1. The maximum absolute atomic E-state index is 11.1. The first-order chi connectivity index (χ1) is 9.13. The van der Waals surface area contributed by atoms with Crippen molar-refractivity contribution >= 4 is 17.7 Å². The van der Waals surface area contributed by atoms with E-state index in [0.29, 0.717) is 17.1 Å². The highest BCUT2D eigenvalue weighted by atomic mass is 32.2. The summed E-state index contributed by atoms with van der Waals surface area (Å²) in [4.78, 5) is 11.1. The molecular weight excluding hydrogens is 264 g/mol. The highest BCUT2D eigenvalue weighted by Crippen LogP contribution is 2.37. The number of hydrogen-bond donors (Lipinski definition) is 1. The summed E-state index contributed by atoms with van der Waals surface area (Å²) in [5.74, 6) is 1.78. The number of ether oxygens (including phenoxy) is 2. The SMILES string of the molecule is COc1c(OC2CCSC2)cccc1C(C)C(=O)O. The number of rotatable bonds is 5. The molecule has 2 unspecified atom stereocenters. The van der Waals surface area contributed by atoms with Crippen molar-refractivity contribution in [3.05, 3.63) is 23.8 Å². The lowest BCUT2D eigenvalue weighted by atomic mass is 10.00. The standard InChI is InChI=1S/C14H18O4S/c1-9(14(15)16)11-4-3-5-12(13(11)17-2)18-10-6-7-19-8-10/h3-5,9-10H,6-8H2,1-2H3,(H,15,16). The maximum Gasteiger partial charge on any atom is 0.310 e. The lowest BCUT2D eigenvalue weighted by molar-refractivity contribution is -0.138. The summed E-state index contributed by atoms with van der Waals surface area (Å²) < 4.78 is 11.3. The summed E-state index contributed by atoms with van der Waals surface area (Å²) in [6.07, 6.45) is 1.21. The predicted octanol–water partition coefficient (Wildman–Crippen LogP) is 2.77. The zero-order chi connectivity index (χ0) is 13.8. The second-order valence-electron chi connectivity index (χ2n) is 4.54. The number of methoxy groups -OCH3 is 1. The topological polar surface area (TPSA) is 55.8 Å². The smallest absolute Gasteiger partial charge is 0.310 e. The van der Waals surface area contributed by atoms with Gasteiger partial charge >= 0.3 is 5.97 Å². The van der Waals surface area contributed by atoms with Gasteiger partial charge < -0.3 is 14.6 Å². The van der Waals surface area contributed by atoms with Crippen LogP contribution in [0.25, 0.3) is 0 Å². The minimum atomic E-state index is -0.869. The lowest BCUT2D eigenvalue weighted by Gasteiger charge is -2.19. The first-order valence-corrected chi connectivity index (χ1v) is 7.43. The third-order valence-electron chi connectivity index (χ3n) is 3.23. The van der Waals surface area contributed by atoms with Crippen molar-refractivity contribution < 1.29 is 19.4 Å². The van der Waals surface area contributed by atoms with E-state index in [2.05, 4.69) is 0 Å². The van der Waals surface area contributed by atoms with Gasteiger partial charge in [0.25, 0.3) is 0 Å². The van der Waals surface area contributed by atoms with Gasteiger partial charge in [0.15, 0.2) is 11.5 Å². The molecule has 2 atom stereocenters. The normalized spacial score (nSPS) is 20.0. The van der Waals surface area contributed by atoms with Gasteiger partial charge in [-0.05, 0) is 25.2 Å². The zero-order valence-electron chi connectivity index (χ0n) is 11.1. The van der Waals surface area contributed by atoms with Crippen LogP contribution in [0.1, 0.15) is 24.8 Å². The second-order valence-corrected chi connectivity index (χ2v) is 5.69. The van der Waals surface area contributed by atoms with E-state index in [-0.39, 0.29) is 6.10 Å². The number of carbonyl (C=O) groups is 1. The van der Waals surface area contributed by atoms with Gasteiger partial charge in [-0.3, -0.25) is 4.79 Å². The molecule has 0 radical (unpaired) electrons. The molecule has 2 rings (SSSR count). The van der Waals surface area contributed by atoms with Gasteiger partial charge in [-0.1, -0.05) is 12.1 Å². The fraction of sp³-hybridized carbons (Fsp3) is 0.500. The van der Waals surface area contributed by atoms with Crippen LogP contribution in [-0.4, -0.2) is 35.8 Å². The van der Waals surface area contributed by atoms with E-state index < -0.39 is 11.9 Å². The van der Waals surface area contributed by atoms with Crippen LogP contribution < -0.4 is 9.47 Å². The van der Waals surface area contributed by atoms with Crippen LogP contribution in [0, 0.1) is 0 Å². The molecule has 0 spiro atoms. The molecular formula is C14H18O4S. The average Bonchev–Trinajstić information content (AvgIpc) is 2.90. The number of thioether (sulfide) groups is 1. The largest absolute Gasteiger partial charge is 0.493 e. The number of carboxylic acids is 1. The zero-order valence-corrected chi connectivity index (χ0v) is 11.9. The van der Waals surface area contributed by atoms with E-state index in [4.69, 9.17) is 14.6 Å². The van der Waals surface area contributed by atoms with Crippen LogP contribution in [0.3, 0.4) is 0 Å². The van der Waals surface area contributed by atoms with Gasteiger partial charge in [-0.2, -0.15) is 11.8 Å². The third kappa shape index (κ3) is 3.15. The Bertz CT molecular complexity index is 455. The Morgan fingerprint density at radius 3 is 2.89 bits per heavy atom. The molecule has 0 amide bonds. The number of carboxylic acid groups (broad SMARTS) is 1. The molecule has 104 valence electrons. The molecule has 1 heterocycles. The summed E-state index contributed by atoms with van der Waals surface area (Å²) in [5, 5.41) is 9.13. The van der Waals surface area contributed by atoms with Gasteiger partial charge in [-0.25, -0.2) is 0 Å². The van der Waals surface area contributed by atoms with Crippen molar-refractivity contribution in [3.63, 3.8) is 0 Å². The first-order valence-electron chi connectivity index (χ1n) is 6.27. The molecule has 1 fully saturated rings. The Morgan fingerprint density at radius 1 is 1.53 bits per heavy atom. The molecule has 19 heavy (non-hydrogen) atoms. The van der Waals surface area contributed by atoms with Crippen molar-refractivity contribution in [1.29, 1.82) is 0 Å². The fourth-order valence-corrected chi connectivity index (χ4v) is 3.20. The Balaban J connectivity index is 2.27. The molecule has 5 heteroatoms. The Hall–Kier alpha value is -1.36. The van der Waals surface area contributed by atoms with Crippen molar-refractivity contribution in [3.8, 4) is 11.5 Å². The summed E-state index contributed by atoms with van der Waals surface area (Å²) in [5.41, 5.74) is 0.651. The average molecular weight is 282 g/mol. The molecule has 0 bridgehead atoms. The minimum Gasteiger partial charge on any atom is -0.493 e. The monoisotopic (exact) mass is 282 g/mol.